The lowest BCUT2D eigenvalue weighted by Crippen LogP contribution is -2.47. The first-order valence-corrected chi connectivity index (χ1v) is 10.7. The fraction of sp³-hybridized carbons (Fsp3) is 0.667. The number of ether oxygens (including phenoxy) is 1. The molecule has 2 N–H and O–H groups in total. The molecule has 0 amide bonds. The summed E-state index contributed by atoms with van der Waals surface area (Å²) in [4.78, 5) is 9.31. The number of anilines is 1. The molecule has 2 fully saturated rings. The lowest BCUT2D eigenvalue weighted by Gasteiger charge is -2.32. The molecule has 0 radical (unpaired) electrons. The van der Waals surface area contributed by atoms with Crippen LogP contribution in [0.4, 0.5) is 5.69 Å². The predicted molar refractivity (Wildman–Crippen MR) is 118 cm³/mol. The maximum Gasteiger partial charge on any atom is 0.191 e. The molecule has 1 aromatic carbocycles. The molecule has 2 aliphatic heterocycles. The summed E-state index contributed by atoms with van der Waals surface area (Å²) in [5, 5.41) is 7.93. The molecule has 156 valence electrons. The molecular weight excluding hydrogens is 374 g/mol. The van der Waals surface area contributed by atoms with Crippen LogP contribution in [0.2, 0.25) is 5.02 Å². The first-order valence-electron chi connectivity index (χ1n) is 10.4. The van der Waals surface area contributed by atoms with E-state index in [1.807, 2.05) is 25.2 Å². The number of hydrogen-bond donors (Lipinski definition) is 2. The molecule has 2 aliphatic rings. The van der Waals surface area contributed by atoms with Crippen molar-refractivity contribution in [3.8, 4) is 0 Å². The molecule has 0 aromatic heterocycles. The zero-order valence-electron chi connectivity index (χ0n) is 17.2. The highest BCUT2D eigenvalue weighted by atomic mass is 35.5. The smallest absolute Gasteiger partial charge is 0.191 e. The molecule has 6 nitrogen and oxygen atoms in total. The SMILES string of the molecule is CN=C(NCC1CCN(CCOC)CC1)NC1CCN(c2cccc(Cl)c2)C1. The Morgan fingerprint density at radius 1 is 1.25 bits per heavy atom. The first-order chi connectivity index (χ1) is 13.7. The zero-order valence-corrected chi connectivity index (χ0v) is 17.9. The number of nitrogens with zero attached hydrogens (tertiary/aromatic N) is 3. The highest BCUT2D eigenvalue weighted by Crippen LogP contribution is 2.23. The summed E-state index contributed by atoms with van der Waals surface area (Å²) >= 11 is 6.13. The Hall–Kier alpha value is -1.50. The van der Waals surface area contributed by atoms with Crippen LogP contribution in [-0.2, 0) is 4.74 Å². The van der Waals surface area contributed by atoms with Gasteiger partial charge < -0.3 is 25.2 Å². The molecule has 28 heavy (non-hydrogen) atoms. The lowest BCUT2D eigenvalue weighted by atomic mass is 9.97. The topological polar surface area (TPSA) is 52.1 Å². The molecule has 1 atom stereocenters. The van der Waals surface area contributed by atoms with Crippen LogP contribution in [-0.4, -0.2) is 76.9 Å². The molecule has 7 heteroatoms. The molecule has 3 rings (SSSR count). The van der Waals surface area contributed by atoms with Crippen molar-refractivity contribution in [1.29, 1.82) is 0 Å². The summed E-state index contributed by atoms with van der Waals surface area (Å²) in [7, 11) is 3.63. The quantitative estimate of drug-likeness (QED) is 0.537. The first kappa shape index (κ1) is 21.2. The van der Waals surface area contributed by atoms with E-state index in [2.05, 4.69) is 31.5 Å². The van der Waals surface area contributed by atoms with Crippen LogP contribution in [0.1, 0.15) is 19.3 Å². The van der Waals surface area contributed by atoms with Gasteiger partial charge in [-0.2, -0.15) is 0 Å². The second-order valence-electron chi connectivity index (χ2n) is 7.79. The molecule has 0 saturated carbocycles. The molecular formula is C21H34ClN5O. The third-order valence-corrected chi connectivity index (χ3v) is 6.04. The average molecular weight is 408 g/mol. The summed E-state index contributed by atoms with van der Waals surface area (Å²) in [6, 6.07) is 8.50. The Kier molecular flexibility index (Phi) is 8.25. The second-order valence-corrected chi connectivity index (χ2v) is 8.22. The number of likely N-dealkylation sites (tertiary alicyclic amines) is 1. The highest BCUT2D eigenvalue weighted by Gasteiger charge is 2.24. The van der Waals surface area contributed by atoms with Gasteiger partial charge in [-0.1, -0.05) is 17.7 Å². The van der Waals surface area contributed by atoms with E-state index < -0.39 is 0 Å². The summed E-state index contributed by atoms with van der Waals surface area (Å²) < 4.78 is 5.18. The normalized spacial score (nSPS) is 21.9. The van der Waals surface area contributed by atoms with Gasteiger partial charge in [0, 0.05) is 57.1 Å². The third kappa shape index (κ3) is 6.26. The van der Waals surface area contributed by atoms with Crippen LogP contribution in [0.25, 0.3) is 0 Å². The number of guanidine groups is 1. The van der Waals surface area contributed by atoms with Crippen molar-refractivity contribution in [3.63, 3.8) is 0 Å². The predicted octanol–water partition coefficient (Wildman–Crippen LogP) is 2.44. The van der Waals surface area contributed by atoms with E-state index in [4.69, 9.17) is 16.3 Å². The fourth-order valence-corrected chi connectivity index (χ4v) is 4.23. The van der Waals surface area contributed by atoms with Gasteiger partial charge in [0.25, 0.3) is 0 Å². The Morgan fingerprint density at radius 3 is 2.79 bits per heavy atom. The standard InChI is InChI=1S/C21H34ClN5O/c1-23-21(24-15-17-6-9-26(10-7-17)12-13-28-2)25-19-8-11-27(16-19)20-5-3-4-18(22)14-20/h3-5,14,17,19H,6-13,15-16H2,1-2H3,(H2,23,24,25). The average Bonchev–Trinajstić information content (AvgIpc) is 3.19. The number of aliphatic imine (C=N–C) groups is 1. The van der Waals surface area contributed by atoms with Crippen molar-refractivity contribution < 1.29 is 4.74 Å². The molecule has 2 saturated heterocycles. The van der Waals surface area contributed by atoms with Gasteiger partial charge in [0.15, 0.2) is 5.96 Å². The van der Waals surface area contributed by atoms with E-state index in [-0.39, 0.29) is 0 Å². The maximum absolute atomic E-state index is 6.13. The van der Waals surface area contributed by atoms with Crippen molar-refractivity contribution >= 4 is 23.2 Å². The molecule has 0 aliphatic carbocycles. The van der Waals surface area contributed by atoms with Gasteiger partial charge >= 0.3 is 0 Å². The van der Waals surface area contributed by atoms with Crippen LogP contribution in [0, 0.1) is 5.92 Å². The van der Waals surface area contributed by atoms with E-state index in [1.54, 1.807) is 7.11 Å². The third-order valence-electron chi connectivity index (χ3n) is 5.80. The van der Waals surface area contributed by atoms with Crippen LogP contribution in [0.15, 0.2) is 29.3 Å². The number of hydrogen-bond acceptors (Lipinski definition) is 4. The van der Waals surface area contributed by atoms with Crippen LogP contribution >= 0.6 is 11.6 Å². The Bertz CT molecular complexity index is 633. The van der Waals surface area contributed by atoms with Crippen molar-refractivity contribution in [1.82, 2.24) is 15.5 Å². The fourth-order valence-electron chi connectivity index (χ4n) is 4.05. The van der Waals surface area contributed by atoms with E-state index >= 15 is 0 Å². The van der Waals surface area contributed by atoms with Crippen LogP contribution in [0.3, 0.4) is 0 Å². The van der Waals surface area contributed by atoms with Gasteiger partial charge in [-0.05, 0) is 56.5 Å². The van der Waals surface area contributed by atoms with Crippen molar-refractivity contribution in [2.75, 3.05) is 64.9 Å². The van der Waals surface area contributed by atoms with E-state index in [1.165, 1.54) is 31.6 Å². The molecule has 1 unspecified atom stereocenters. The number of methoxy groups -OCH3 is 1. The monoisotopic (exact) mass is 407 g/mol. The summed E-state index contributed by atoms with van der Waals surface area (Å²) in [6.45, 7) is 7.20. The molecule has 1 aromatic rings. The van der Waals surface area contributed by atoms with Crippen LogP contribution in [0.5, 0.6) is 0 Å². The number of piperidine rings is 1. The summed E-state index contributed by atoms with van der Waals surface area (Å²) in [6.07, 6.45) is 3.57. The van der Waals surface area contributed by atoms with E-state index in [0.717, 1.165) is 50.2 Å². The van der Waals surface area contributed by atoms with Crippen LogP contribution < -0.4 is 15.5 Å². The van der Waals surface area contributed by atoms with Gasteiger partial charge in [-0.3, -0.25) is 4.99 Å². The minimum atomic E-state index is 0.404. The van der Waals surface area contributed by atoms with Gasteiger partial charge in [-0.15, -0.1) is 0 Å². The van der Waals surface area contributed by atoms with Gasteiger partial charge in [0.1, 0.15) is 0 Å². The number of rotatable bonds is 7. The number of benzene rings is 1. The maximum atomic E-state index is 6.13. The highest BCUT2D eigenvalue weighted by molar-refractivity contribution is 6.30. The summed E-state index contributed by atoms with van der Waals surface area (Å²) in [5.41, 5.74) is 1.19. The second kappa shape index (κ2) is 10.9. The molecule has 2 heterocycles. The van der Waals surface area contributed by atoms with E-state index in [0.29, 0.717) is 12.0 Å². The molecule has 0 spiro atoms. The van der Waals surface area contributed by atoms with Crippen molar-refractivity contribution in [2.24, 2.45) is 10.9 Å². The van der Waals surface area contributed by atoms with Crippen molar-refractivity contribution in [3.05, 3.63) is 29.3 Å². The van der Waals surface area contributed by atoms with Crippen molar-refractivity contribution in [2.45, 2.75) is 25.3 Å². The molecule has 0 bridgehead atoms. The number of halogens is 1. The Labute approximate surface area is 174 Å². The Morgan fingerprint density at radius 2 is 2.07 bits per heavy atom. The van der Waals surface area contributed by atoms with Gasteiger partial charge in [0.2, 0.25) is 0 Å². The largest absolute Gasteiger partial charge is 0.383 e. The summed E-state index contributed by atoms with van der Waals surface area (Å²) in [5.74, 6) is 1.63. The van der Waals surface area contributed by atoms with Gasteiger partial charge in [-0.25, -0.2) is 0 Å². The van der Waals surface area contributed by atoms with E-state index in [9.17, 15) is 0 Å². The Balaban J connectivity index is 1.38. The van der Waals surface area contributed by atoms with Gasteiger partial charge in [0.05, 0.1) is 6.61 Å². The minimum absolute atomic E-state index is 0.404. The lowest BCUT2D eigenvalue weighted by molar-refractivity contribution is 0.121. The minimum Gasteiger partial charge on any atom is -0.383 e. The zero-order chi connectivity index (χ0) is 19.8. The number of nitrogens with one attached hydrogen (secondary N) is 2.